The number of halogens is 1. The third-order valence-electron chi connectivity index (χ3n) is 11.7. The van der Waals surface area contributed by atoms with Gasteiger partial charge in [0.15, 0.2) is 0 Å². The highest BCUT2D eigenvalue weighted by Crippen LogP contribution is 2.47. The van der Waals surface area contributed by atoms with E-state index in [-0.39, 0.29) is 49.9 Å². The molecule has 300 valence electrons. The fraction of sp³-hybridized carbons (Fsp3) is 0.548. The predicted molar refractivity (Wildman–Crippen MR) is 205 cm³/mol. The van der Waals surface area contributed by atoms with Gasteiger partial charge in [-0.25, -0.2) is 12.8 Å². The Kier molecular flexibility index (Phi) is 10.9. The number of nitrogens with zero attached hydrogens (tertiary/aromatic N) is 2. The van der Waals surface area contributed by atoms with E-state index in [1.165, 1.54) is 21.9 Å². The Morgan fingerprint density at radius 3 is 2.43 bits per heavy atom. The number of fused-ring (bicyclic) bond motifs is 4. The highest BCUT2D eigenvalue weighted by Gasteiger charge is 2.63. The summed E-state index contributed by atoms with van der Waals surface area (Å²) in [5.74, 6) is -5.78. The van der Waals surface area contributed by atoms with Crippen LogP contribution in [0.2, 0.25) is 0 Å². The molecule has 2 aromatic carbocycles. The topological polar surface area (TPSA) is 159 Å². The molecule has 56 heavy (non-hydrogen) atoms. The molecule has 12 nitrogen and oxygen atoms in total. The van der Waals surface area contributed by atoms with Gasteiger partial charge in [-0.3, -0.25) is 28.7 Å². The standard InChI is InChI=1S/C42H51FN4O8S/c1-41(2,3)55-35(48)21-28-14-8-5-4-6-11-15-30-22-42(30,40(52)45-56(53,54)31-17-18-31)44-37(49)36-33-25-46(23-29(33)24-47(36)38(28)50)39(51)32-20-27(16-19-34(32)43)26-12-9-7-10-13-26/h7,9-13,15-16,19-20,28-31,33,36H,4-6,8,14,17-18,21-25H2,1-3H3,(H,44,49)(H,45,52)/b15-11-/t28-,29-,30+,33-,36-,42+/m0/s1. The average Bonchev–Trinajstić information content (AvgIpc) is 4.04. The first-order valence-corrected chi connectivity index (χ1v) is 21.3. The van der Waals surface area contributed by atoms with Crippen LogP contribution in [0.15, 0.2) is 60.7 Å². The molecule has 5 aliphatic rings. The van der Waals surface area contributed by atoms with Gasteiger partial charge in [0.25, 0.3) is 11.8 Å². The molecule has 0 unspecified atom stereocenters. The number of esters is 1. The van der Waals surface area contributed by atoms with Crippen molar-refractivity contribution in [1.82, 2.24) is 19.8 Å². The first kappa shape index (κ1) is 39.6. The maximum Gasteiger partial charge on any atom is 0.307 e. The molecule has 0 bridgehead atoms. The van der Waals surface area contributed by atoms with Crippen molar-refractivity contribution in [3.63, 3.8) is 0 Å². The molecule has 4 fully saturated rings. The molecule has 3 heterocycles. The van der Waals surface area contributed by atoms with E-state index in [0.29, 0.717) is 37.7 Å². The molecule has 0 spiro atoms. The van der Waals surface area contributed by atoms with Crippen LogP contribution in [-0.2, 0) is 33.9 Å². The summed E-state index contributed by atoms with van der Waals surface area (Å²) < 4.78 is 48.9. The third kappa shape index (κ3) is 8.40. The minimum Gasteiger partial charge on any atom is -0.460 e. The molecule has 2 aliphatic carbocycles. The minimum absolute atomic E-state index is 0.0374. The number of likely N-dealkylation sites (tertiary alicyclic amines) is 1. The summed E-state index contributed by atoms with van der Waals surface area (Å²) in [6.07, 6.45) is 8.02. The summed E-state index contributed by atoms with van der Waals surface area (Å²) in [6.45, 7) is 5.55. The van der Waals surface area contributed by atoms with Gasteiger partial charge >= 0.3 is 5.97 Å². The van der Waals surface area contributed by atoms with Crippen LogP contribution in [0.25, 0.3) is 11.1 Å². The molecule has 2 aromatic rings. The molecule has 14 heteroatoms. The van der Waals surface area contributed by atoms with Crippen LogP contribution in [0.4, 0.5) is 4.39 Å². The predicted octanol–water partition coefficient (Wildman–Crippen LogP) is 4.74. The number of amides is 4. The maximum atomic E-state index is 15.3. The Morgan fingerprint density at radius 2 is 1.71 bits per heavy atom. The van der Waals surface area contributed by atoms with E-state index in [1.54, 1.807) is 26.8 Å². The summed E-state index contributed by atoms with van der Waals surface area (Å²) in [7, 11) is -3.93. The van der Waals surface area contributed by atoms with Crippen molar-refractivity contribution in [2.45, 2.75) is 101 Å². The molecular formula is C42H51FN4O8S. The van der Waals surface area contributed by atoms with Gasteiger partial charge < -0.3 is 19.9 Å². The van der Waals surface area contributed by atoms with E-state index in [1.807, 2.05) is 42.5 Å². The van der Waals surface area contributed by atoms with Gasteiger partial charge in [0, 0.05) is 43.3 Å². The van der Waals surface area contributed by atoms with Gasteiger partial charge in [-0.1, -0.05) is 61.4 Å². The van der Waals surface area contributed by atoms with Gasteiger partial charge in [-0.15, -0.1) is 0 Å². The van der Waals surface area contributed by atoms with Gasteiger partial charge in [0.2, 0.25) is 21.8 Å². The molecule has 2 saturated carbocycles. The zero-order valence-corrected chi connectivity index (χ0v) is 33.0. The van der Waals surface area contributed by atoms with Crippen molar-refractivity contribution in [3.8, 4) is 11.1 Å². The molecular weight excluding hydrogens is 740 g/mol. The number of nitrogens with one attached hydrogen (secondary N) is 2. The normalized spacial score (nSPS) is 28.8. The lowest BCUT2D eigenvalue weighted by Crippen LogP contribution is -2.58. The molecule has 0 radical (unpaired) electrons. The van der Waals surface area contributed by atoms with E-state index in [2.05, 4.69) is 10.0 Å². The van der Waals surface area contributed by atoms with Gasteiger partial charge in [0.05, 0.1) is 17.2 Å². The number of hydrogen-bond donors (Lipinski definition) is 2. The summed E-state index contributed by atoms with van der Waals surface area (Å²) in [5, 5.41) is 2.25. The van der Waals surface area contributed by atoms with Crippen molar-refractivity contribution in [3.05, 3.63) is 72.1 Å². The van der Waals surface area contributed by atoms with Crippen LogP contribution < -0.4 is 10.0 Å². The first-order chi connectivity index (χ1) is 26.6. The van der Waals surface area contributed by atoms with Crippen LogP contribution in [0.3, 0.4) is 0 Å². The lowest BCUT2D eigenvalue weighted by Gasteiger charge is -2.33. The Labute approximate surface area is 327 Å². The van der Waals surface area contributed by atoms with E-state index in [0.717, 1.165) is 18.4 Å². The third-order valence-corrected chi connectivity index (χ3v) is 13.6. The average molecular weight is 791 g/mol. The van der Waals surface area contributed by atoms with Crippen LogP contribution in [0.1, 0.15) is 88.9 Å². The Hall–Kier alpha value is -4.59. The summed E-state index contributed by atoms with van der Waals surface area (Å²) in [6, 6.07) is 12.6. The Morgan fingerprint density at radius 1 is 0.964 bits per heavy atom. The first-order valence-electron chi connectivity index (χ1n) is 19.8. The molecule has 4 amide bonds. The number of carbonyl (C=O) groups excluding carboxylic acids is 5. The molecule has 0 aromatic heterocycles. The number of hydrogen-bond acceptors (Lipinski definition) is 8. The summed E-state index contributed by atoms with van der Waals surface area (Å²) >= 11 is 0. The van der Waals surface area contributed by atoms with Crippen molar-refractivity contribution in [1.29, 1.82) is 0 Å². The molecule has 3 aliphatic heterocycles. The number of benzene rings is 2. The Bertz CT molecular complexity index is 2030. The van der Waals surface area contributed by atoms with E-state index in [9.17, 15) is 32.4 Å². The number of rotatable bonds is 7. The second-order valence-corrected chi connectivity index (χ2v) is 19.1. The van der Waals surface area contributed by atoms with E-state index >= 15 is 4.39 Å². The smallest absolute Gasteiger partial charge is 0.307 e. The van der Waals surface area contributed by atoms with Gasteiger partial charge in [0.1, 0.15) is 23.0 Å². The lowest BCUT2D eigenvalue weighted by atomic mass is 9.92. The van der Waals surface area contributed by atoms with Crippen molar-refractivity contribution < 1.29 is 41.5 Å². The number of allylic oxidation sites excluding steroid dienone is 1. The highest BCUT2D eigenvalue weighted by molar-refractivity contribution is 7.91. The van der Waals surface area contributed by atoms with E-state index < -0.39 is 79.7 Å². The van der Waals surface area contributed by atoms with E-state index in [4.69, 9.17) is 4.74 Å². The van der Waals surface area contributed by atoms with Crippen molar-refractivity contribution >= 4 is 39.6 Å². The number of carbonyl (C=O) groups is 5. The molecule has 6 atom stereocenters. The monoisotopic (exact) mass is 790 g/mol. The number of ether oxygens (including phenoxy) is 1. The van der Waals surface area contributed by atoms with Crippen molar-refractivity contribution in [2.75, 3.05) is 19.6 Å². The maximum absolute atomic E-state index is 15.3. The number of sulfonamides is 1. The zero-order chi connectivity index (χ0) is 40.0. The zero-order valence-electron chi connectivity index (χ0n) is 32.2. The molecule has 2 N–H and O–H groups in total. The van der Waals surface area contributed by atoms with Gasteiger partial charge in [-0.2, -0.15) is 0 Å². The van der Waals surface area contributed by atoms with Gasteiger partial charge in [-0.05, 0) is 82.6 Å². The molecule has 7 rings (SSSR count). The van der Waals surface area contributed by atoms with Crippen LogP contribution in [-0.4, -0.2) is 89.9 Å². The second kappa shape index (κ2) is 15.4. The SMILES string of the molecule is CC(C)(C)OC(=O)C[C@@H]1CCCCC/C=C\[C@@H]2C[C@@]2(C(=O)NS(=O)(=O)C2CC2)NC(=O)[C@@H]2[C@H]3CN(C(=O)c4cc(-c5ccccc5)ccc4F)C[C@H]3CN2C1=O. The lowest BCUT2D eigenvalue weighted by molar-refractivity contribution is -0.159. The van der Waals surface area contributed by atoms with Crippen molar-refractivity contribution in [2.24, 2.45) is 23.7 Å². The van der Waals surface area contributed by atoms with Crippen LogP contribution in [0, 0.1) is 29.5 Å². The Balaban J connectivity index is 1.19. The van der Waals surface area contributed by atoms with Crippen LogP contribution >= 0.6 is 0 Å². The second-order valence-electron chi connectivity index (χ2n) is 17.1. The summed E-state index contributed by atoms with van der Waals surface area (Å²) in [5.41, 5.74) is -0.934. The largest absolute Gasteiger partial charge is 0.460 e. The quantitative estimate of drug-likeness (QED) is 0.301. The summed E-state index contributed by atoms with van der Waals surface area (Å²) in [4.78, 5) is 73.2. The molecule has 2 saturated heterocycles. The highest BCUT2D eigenvalue weighted by atomic mass is 32.2. The fourth-order valence-electron chi connectivity index (χ4n) is 8.62. The minimum atomic E-state index is -3.93. The fourth-order valence-corrected chi connectivity index (χ4v) is 9.99. The van der Waals surface area contributed by atoms with Crippen LogP contribution in [0.5, 0.6) is 0 Å².